The molecule has 0 atom stereocenters. The van der Waals surface area contributed by atoms with Gasteiger partial charge in [0.2, 0.25) is 0 Å². The fourth-order valence-electron chi connectivity index (χ4n) is 4.22. The Bertz CT molecular complexity index is 1000. The van der Waals surface area contributed by atoms with Gasteiger partial charge in [0.25, 0.3) is 0 Å². The average molecular weight is 490 g/mol. The van der Waals surface area contributed by atoms with E-state index in [4.69, 9.17) is 4.74 Å². The molecule has 1 N–H and O–H groups in total. The molecule has 4 heteroatoms. The molecule has 0 aliphatic heterocycles. The lowest BCUT2D eigenvalue weighted by molar-refractivity contribution is 0.115. The molecule has 3 aromatic rings. The normalized spacial score (nSPS) is 12.0. The monoisotopic (exact) mass is 489 g/mol. The van der Waals surface area contributed by atoms with E-state index in [0.717, 1.165) is 36.8 Å². The minimum Gasteiger partial charge on any atom is -0.494 e. The van der Waals surface area contributed by atoms with E-state index < -0.39 is 0 Å². The van der Waals surface area contributed by atoms with Gasteiger partial charge >= 0.3 is 0 Å². The van der Waals surface area contributed by atoms with Crippen LogP contribution in [0.25, 0.3) is 0 Å². The third-order valence-corrected chi connectivity index (χ3v) is 7.76. The van der Waals surface area contributed by atoms with Crippen LogP contribution >= 0.6 is 0 Å². The van der Waals surface area contributed by atoms with Crippen molar-refractivity contribution in [2.24, 2.45) is 10.8 Å². The molecule has 2 aromatic carbocycles. The van der Waals surface area contributed by atoms with Gasteiger partial charge in [-0.2, -0.15) is 5.10 Å². The first kappa shape index (κ1) is 27.8. The van der Waals surface area contributed by atoms with Crippen molar-refractivity contribution in [1.29, 1.82) is 0 Å². The van der Waals surface area contributed by atoms with Gasteiger partial charge in [0.15, 0.2) is 0 Å². The van der Waals surface area contributed by atoms with Crippen LogP contribution in [0.1, 0.15) is 91.5 Å². The summed E-state index contributed by atoms with van der Waals surface area (Å²) in [7, 11) is 0. The van der Waals surface area contributed by atoms with Crippen LogP contribution in [0.4, 0.5) is 11.5 Å². The average Bonchev–Trinajstić information content (AvgIpc) is 3.27. The van der Waals surface area contributed by atoms with Gasteiger partial charge in [0.05, 0.1) is 19.3 Å². The summed E-state index contributed by atoms with van der Waals surface area (Å²) in [4.78, 5) is 0. The minimum atomic E-state index is 0.385. The standard InChI is InChI=1S/C32H47N3O/c1-31(2,3)32(4,5)23-14-9-7-6-8-10-15-25-36-29-20-18-28(19-21-29)34-30-22-24-33-35(30)26-27-16-12-11-13-17-27/h11-13,16-22,24,34H,6-10,14-15,23,25-26H2,1-5H3. The van der Waals surface area contributed by atoms with E-state index in [-0.39, 0.29) is 0 Å². The lowest BCUT2D eigenvalue weighted by Gasteiger charge is -2.39. The molecule has 1 heterocycles. The fourth-order valence-corrected chi connectivity index (χ4v) is 4.22. The van der Waals surface area contributed by atoms with Crippen molar-refractivity contribution in [2.75, 3.05) is 11.9 Å². The van der Waals surface area contributed by atoms with Crippen LogP contribution in [-0.4, -0.2) is 16.4 Å². The molecule has 0 amide bonds. The van der Waals surface area contributed by atoms with E-state index in [2.05, 4.69) is 81.4 Å². The smallest absolute Gasteiger partial charge is 0.129 e. The minimum absolute atomic E-state index is 0.385. The summed E-state index contributed by atoms with van der Waals surface area (Å²) in [5.41, 5.74) is 3.07. The summed E-state index contributed by atoms with van der Waals surface area (Å²) in [6.07, 6.45) is 12.3. The highest BCUT2D eigenvalue weighted by molar-refractivity contribution is 5.57. The van der Waals surface area contributed by atoms with Gasteiger partial charge < -0.3 is 10.1 Å². The molecule has 196 valence electrons. The van der Waals surface area contributed by atoms with Gasteiger partial charge in [0.1, 0.15) is 11.6 Å². The zero-order valence-electron chi connectivity index (χ0n) is 23.2. The van der Waals surface area contributed by atoms with Crippen molar-refractivity contribution in [3.8, 4) is 5.75 Å². The van der Waals surface area contributed by atoms with Gasteiger partial charge in [-0.15, -0.1) is 0 Å². The van der Waals surface area contributed by atoms with E-state index in [1.807, 2.05) is 35.1 Å². The third-order valence-electron chi connectivity index (χ3n) is 7.76. The Balaban J connectivity index is 1.27. The Morgan fingerprint density at radius 2 is 1.39 bits per heavy atom. The zero-order chi connectivity index (χ0) is 25.9. The maximum absolute atomic E-state index is 5.97. The van der Waals surface area contributed by atoms with Crippen LogP contribution in [0.5, 0.6) is 5.75 Å². The van der Waals surface area contributed by atoms with Gasteiger partial charge in [-0.25, -0.2) is 4.68 Å². The zero-order valence-corrected chi connectivity index (χ0v) is 23.2. The van der Waals surface area contributed by atoms with Crippen molar-refractivity contribution < 1.29 is 4.74 Å². The van der Waals surface area contributed by atoms with E-state index in [9.17, 15) is 0 Å². The van der Waals surface area contributed by atoms with Crippen LogP contribution in [0.2, 0.25) is 0 Å². The molecule has 0 bridgehead atoms. The highest BCUT2D eigenvalue weighted by Gasteiger charge is 2.31. The second-order valence-electron chi connectivity index (χ2n) is 11.7. The molecule has 0 saturated heterocycles. The molecule has 3 rings (SSSR count). The first-order valence-electron chi connectivity index (χ1n) is 13.8. The van der Waals surface area contributed by atoms with Crippen molar-refractivity contribution in [3.63, 3.8) is 0 Å². The maximum Gasteiger partial charge on any atom is 0.129 e. The quantitative estimate of drug-likeness (QED) is 0.216. The number of benzene rings is 2. The van der Waals surface area contributed by atoms with E-state index in [1.54, 1.807) is 0 Å². The summed E-state index contributed by atoms with van der Waals surface area (Å²) in [5.74, 6) is 1.91. The number of anilines is 2. The molecule has 36 heavy (non-hydrogen) atoms. The molecule has 0 aliphatic rings. The number of nitrogens with one attached hydrogen (secondary N) is 1. The molecule has 0 unspecified atom stereocenters. The Morgan fingerprint density at radius 3 is 2.06 bits per heavy atom. The number of hydrogen-bond donors (Lipinski definition) is 1. The van der Waals surface area contributed by atoms with E-state index >= 15 is 0 Å². The fraction of sp³-hybridized carbons (Fsp3) is 0.531. The van der Waals surface area contributed by atoms with Gasteiger partial charge in [-0.3, -0.25) is 0 Å². The predicted molar refractivity (Wildman–Crippen MR) is 153 cm³/mol. The van der Waals surface area contributed by atoms with Crippen molar-refractivity contribution >= 4 is 11.5 Å². The Morgan fingerprint density at radius 1 is 0.750 bits per heavy atom. The summed E-state index contributed by atoms with van der Waals surface area (Å²) in [5, 5.41) is 7.92. The summed E-state index contributed by atoms with van der Waals surface area (Å²) in [6, 6.07) is 20.6. The maximum atomic E-state index is 5.97. The Labute approximate surface area is 219 Å². The molecule has 0 aliphatic carbocycles. The molecular weight excluding hydrogens is 442 g/mol. The molecule has 0 fully saturated rings. The van der Waals surface area contributed by atoms with Crippen LogP contribution < -0.4 is 10.1 Å². The number of unbranched alkanes of at least 4 members (excludes halogenated alkanes) is 6. The highest BCUT2D eigenvalue weighted by atomic mass is 16.5. The van der Waals surface area contributed by atoms with E-state index in [1.165, 1.54) is 50.5 Å². The topological polar surface area (TPSA) is 39.1 Å². The van der Waals surface area contributed by atoms with Crippen LogP contribution in [0.3, 0.4) is 0 Å². The highest BCUT2D eigenvalue weighted by Crippen LogP contribution is 2.41. The predicted octanol–water partition coefficient (Wildman–Crippen LogP) is 9.25. The number of aromatic nitrogens is 2. The number of nitrogens with zero attached hydrogens (tertiary/aromatic N) is 2. The third kappa shape index (κ3) is 9.04. The van der Waals surface area contributed by atoms with Gasteiger partial charge in [0, 0.05) is 11.8 Å². The molecule has 0 spiro atoms. The second kappa shape index (κ2) is 13.5. The van der Waals surface area contributed by atoms with E-state index in [0.29, 0.717) is 10.8 Å². The number of hydrogen-bond acceptors (Lipinski definition) is 3. The Hall–Kier alpha value is -2.75. The van der Waals surface area contributed by atoms with Crippen molar-refractivity contribution in [3.05, 3.63) is 72.4 Å². The van der Waals surface area contributed by atoms with Crippen LogP contribution in [0.15, 0.2) is 66.9 Å². The Kier molecular flexibility index (Phi) is 10.5. The largest absolute Gasteiger partial charge is 0.494 e. The first-order valence-corrected chi connectivity index (χ1v) is 13.8. The molecule has 0 radical (unpaired) electrons. The summed E-state index contributed by atoms with van der Waals surface area (Å²) < 4.78 is 7.95. The first-order chi connectivity index (χ1) is 17.2. The van der Waals surface area contributed by atoms with Crippen LogP contribution in [0, 0.1) is 10.8 Å². The lowest BCUT2D eigenvalue weighted by Crippen LogP contribution is -2.29. The second-order valence-corrected chi connectivity index (χ2v) is 11.7. The molecule has 4 nitrogen and oxygen atoms in total. The molecule has 1 aromatic heterocycles. The summed E-state index contributed by atoms with van der Waals surface area (Å²) in [6.45, 7) is 13.5. The molecule has 0 saturated carbocycles. The SMILES string of the molecule is CC(C)(C)C(C)(C)CCCCCCCCCOc1ccc(Nc2ccnn2Cc2ccccc2)cc1. The van der Waals surface area contributed by atoms with Crippen molar-refractivity contribution in [2.45, 2.75) is 92.5 Å². The summed E-state index contributed by atoms with van der Waals surface area (Å²) >= 11 is 0. The lowest BCUT2D eigenvalue weighted by atomic mass is 9.67. The number of ether oxygens (including phenoxy) is 1. The van der Waals surface area contributed by atoms with Crippen molar-refractivity contribution in [1.82, 2.24) is 9.78 Å². The van der Waals surface area contributed by atoms with Gasteiger partial charge in [-0.1, -0.05) is 103 Å². The van der Waals surface area contributed by atoms with Gasteiger partial charge in [-0.05, 0) is 53.5 Å². The number of rotatable bonds is 15. The molecular formula is C32H47N3O. The van der Waals surface area contributed by atoms with Crippen LogP contribution in [-0.2, 0) is 6.54 Å².